The predicted molar refractivity (Wildman–Crippen MR) is 93.5 cm³/mol. The average Bonchev–Trinajstić information content (AvgIpc) is 2.95. The molecule has 0 amide bonds. The molecule has 0 saturated carbocycles. The molecule has 116 valence electrons. The summed E-state index contributed by atoms with van der Waals surface area (Å²) < 4.78 is 5.95. The summed E-state index contributed by atoms with van der Waals surface area (Å²) in [4.78, 5) is 13.2. The zero-order valence-electron chi connectivity index (χ0n) is 12.5. The summed E-state index contributed by atoms with van der Waals surface area (Å²) in [6.45, 7) is 2.04. The number of aryl methyl sites for hydroxylation is 1. The lowest BCUT2D eigenvalue weighted by Gasteiger charge is -2.06. The van der Waals surface area contributed by atoms with Crippen LogP contribution in [0.3, 0.4) is 0 Å². The molecule has 0 radical (unpaired) electrons. The summed E-state index contributed by atoms with van der Waals surface area (Å²) in [5.41, 5.74) is 3.25. The first-order valence-corrected chi connectivity index (χ1v) is 7.20. The summed E-state index contributed by atoms with van der Waals surface area (Å²) >= 11 is 0. The second kappa shape index (κ2) is 6.22. The molecule has 5 nitrogen and oxygen atoms in total. The fourth-order valence-corrected chi connectivity index (χ4v) is 2.45. The average molecular weight is 327 g/mol. The molecule has 3 heterocycles. The minimum atomic E-state index is 0. The number of nitrogens with zero attached hydrogens (tertiary/aromatic N) is 3. The van der Waals surface area contributed by atoms with Crippen molar-refractivity contribution in [3.8, 4) is 0 Å². The molecule has 4 aromatic rings. The molecule has 0 bridgehead atoms. The van der Waals surface area contributed by atoms with Gasteiger partial charge in [-0.1, -0.05) is 19.1 Å². The maximum absolute atomic E-state index is 5.95. The van der Waals surface area contributed by atoms with Gasteiger partial charge in [-0.3, -0.25) is 4.98 Å². The van der Waals surface area contributed by atoms with Crippen LogP contribution in [0.4, 0.5) is 11.5 Å². The highest BCUT2D eigenvalue weighted by atomic mass is 35.5. The Morgan fingerprint density at radius 1 is 1.04 bits per heavy atom. The van der Waals surface area contributed by atoms with Gasteiger partial charge < -0.3 is 9.73 Å². The number of rotatable bonds is 3. The van der Waals surface area contributed by atoms with Crippen LogP contribution in [0.1, 0.15) is 12.7 Å². The van der Waals surface area contributed by atoms with Crippen LogP contribution in [0.15, 0.2) is 53.2 Å². The van der Waals surface area contributed by atoms with Crippen molar-refractivity contribution in [3.63, 3.8) is 0 Å². The molecule has 0 fully saturated rings. The second-order valence-corrected chi connectivity index (χ2v) is 4.98. The molecule has 0 atom stereocenters. The lowest BCUT2D eigenvalue weighted by molar-refractivity contribution is 0.666. The summed E-state index contributed by atoms with van der Waals surface area (Å²) in [7, 11) is 0. The van der Waals surface area contributed by atoms with Gasteiger partial charge in [-0.25, -0.2) is 9.97 Å². The number of hydrogen-bond donors (Lipinski definition) is 1. The van der Waals surface area contributed by atoms with Gasteiger partial charge in [0.2, 0.25) is 0 Å². The highest BCUT2D eigenvalue weighted by Crippen LogP contribution is 2.32. The van der Waals surface area contributed by atoms with Gasteiger partial charge in [0, 0.05) is 29.9 Å². The monoisotopic (exact) mass is 326 g/mol. The van der Waals surface area contributed by atoms with Crippen LogP contribution in [-0.2, 0) is 6.42 Å². The number of anilines is 2. The highest BCUT2D eigenvalue weighted by molar-refractivity contribution is 6.06. The fourth-order valence-electron chi connectivity index (χ4n) is 2.45. The van der Waals surface area contributed by atoms with E-state index in [0.29, 0.717) is 11.4 Å². The minimum absolute atomic E-state index is 0. The van der Waals surface area contributed by atoms with E-state index in [2.05, 4.69) is 20.3 Å². The third-order valence-electron chi connectivity index (χ3n) is 3.53. The van der Waals surface area contributed by atoms with Gasteiger partial charge >= 0.3 is 0 Å². The van der Waals surface area contributed by atoms with Gasteiger partial charge in [0.1, 0.15) is 16.9 Å². The lowest BCUT2D eigenvalue weighted by atomic mass is 10.2. The van der Waals surface area contributed by atoms with E-state index in [9.17, 15) is 0 Å². The molecule has 4 rings (SSSR count). The van der Waals surface area contributed by atoms with Gasteiger partial charge in [0.25, 0.3) is 0 Å². The molecule has 0 aliphatic rings. The summed E-state index contributed by atoms with van der Waals surface area (Å²) in [5.74, 6) is 1.47. The Labute approximate surface area is 139 Å². The van der Waals surface area contributed by atoms with Crippen molar-refractivity contribution < 1.29 is 4.42 Å². The van der Waals surface area contributed by atoms with E-state index in [1.165, 1.54) is 0 Å². The van der Waals surface area contributed by atoms with Gasteiger partial charge in [-0.05, 0) is 24.3 Å². The Morgan fingerprint density at radius 3 is 2.61 bits per heavy atom. The van der Waals surface area contributed by atoms with Crippen LogP contribution in [0.5, 0.6) is 0 Å². The molecule has 1 aromatic carbocycles. The summed E-state index contributed by atoms with van der Waals surface area (Å²) in [5, 5.41) is 4.30. The fraction of sp³-hybridized carbons (Fsp3) is 0.118. The number of hydrogen-bond acceptors (Lipinski definition) is 5. The molecular weight excluding hydrogens is 312 g/mol. The molecular formula is C17H15ClN4O. The largest absolute Gasteiger partial charge is 0.450 e. The van der Waals surface area contributed by atoms with Crippen LogP contribution in [0.2, 0.25) is 0 Å². The molecule has 0 spiro atoms. The van der Waals surface area contributed by atoms with Crippen molar-refractivity contribution in [2.24, 2.45) is 0 Å². The molecule has 0 aliphatic carbocycles. The Kier molecular flexibility index (Phi) is 4.12. The zero-order chi connectivity index (χ0) is 14.9. The molecule has 3 aromatic heterocycles. The number of furan rings is 1. The summed E-state index contributed by atoms with van der Waals surface area (Å²) in [6, 6.07) is 11.7. The third kappa shape index (κ3) is 2.71. The lowest BCUT2D eigenvalue weighted by Crippen LogP contribution is -2.00. The number of halogens is 1. The standard InChI is InChI=1S/C17H14N4O.ClH/c1-2-14-20-15-12-5-3-4-6-13(12)22-16(15)17(21-14)19-11-7-9-18-10-8-11;/h3-10H,2H2,1H3,(H,18,19,20,21);1H. The number of aromatic nitrogens is 3. The normalized spacial score (nSPS) is 10.7. The van der Waals surface area contributed by atoms with E-state index in [1.807, 2.05) is 43.3 Å². The van der Waals surface area contributed by atoms with Gasteiger partial charge in [-0.2, -0.15) is 0 Å². The van der Waals surface area contributed by atoms with E-state index >= 15 is 0 Å². The molecule has 1 N–H and O–H groups in total. The predicted octanol–water partition coefficient (Wildman–Crippen LogP) is 4.50. The van der Waals surface area contributed by atoms with Gasteiger partial charge in [0.15, 0.2) is 11.4 Å². The first-order chi connectivity index (χ1) is 10.8. The van der Waals surface area contributed by atoms with E-state index < -0.39 is 0 Å². The van der Waals surface area contributed by atoms with Crippen LogP contribution in [0, 0.1) is 0 Å². The van der Waals surface area contributed by atoms with Crippen molar-refractivity contribution in [2.45, 2.75) is 13.3 Å². The topological polar surface area (TPSA) is 63.8 Å². The molecule has 0 unspecified atom stereocenters. The van der Waals surface area contributed by atoms with Crippen molar-refractivity contribution in [2.75, 3.05) is 5.32 Å². The Morgan fingerprint density at radius 2 is 1.83 bits per heavy atom. The zero-order valence-corrected chi connectivity index (χ0v) is 13.3. The van der Waals surface area contributed by atoms with E-state index in [1.54, 1.807) is 12.4 Å². The summed E-state index contributed by atoms with van der Waals surface area (Å²) in [6.07, 6.45) is 4.24. The Bertz CT molecular complexity index is 953. The molecule has 0 saturated heterocycles. The Hall–Kier alpha value is -2.66. The minimum Gasteiger partial charge on any atom is -0.450 e. The number of benzene rings is 1. The van der Waals surface area contributed by atoms with Gasteiger partial charge in [-0.15, -0.1) is 12.4 Å². The Balaban J connectivity index is 0.00000156. The van der Waals surface area contributed by atoms with Crippen LogP contribution in [-0.4, -0.2) is 15.0 Å². The van der Waals surface area contributed by atoms with E-state index in [4.69, 9.17) is 4.42 Å². The number of pyridine rings is 1. The quantitative estimate of drug-likeness (QED) is 0.600. The number of fused-ring (bicyclic) bond motifs is 3. The third-order valence-corrected chi connectivity index (χ3v) is 3.53. The first kappa shape index (κ1) is 15.2. The van der Waals surface area contributed by atoms with Crippen molar-refractivity contribution in [3.05, 3.63) is 54.6 Å². The van der Waals surface area contributed by atoms with Crippen LogP contribution in [0.25, 0.3) is 22.1 Å². The number of nitrogens with one attached hydrogen (secondary N) is 1. The number of para-hydroxylation sites is 1. The van der Waals surface area contributed by atoms with E-state index in [-0.39, 0.29) is 12.4 Å². The molecule has 0 aliphatic heterocycles. The van der Waals surface area contributed by atoms with Crippen LogP contribution < -0.4 is 5.32 Å². The van der Waals surface area contributed by atoms with Crippen molar-refractivity contribution in [1.29, 1.82) is 0 Å². The maximum Gasteiger partial charge on any atom is 0.196 e. The van der Waals surface area contributed by atoms with E-state index in [0.717, 1.165) is 34.4 Å². The van der Waals surface area contributed by atoms with Gasteiger partial charge in [0.05, 0.1) is 0 Å². The molecule has 23 heavy (non-hydrogen) atoms. The second-order valence-electron chi connectivity index (χ2n) is 4.98. The van der Waals surface area contributed by atoms with Crippen molar-refractivity contribution in [1.82, 2.24) is 15.0 Å². The smallest absolute Gasteiger partial charge is 0.196 e. The first-order valence-electron chi connectivity index (χ1n) is 7.20. The highest BCUT2D eigenvalue weighted by Gasteiger charge is 2.15. The SMILES string of the molecule is CCc1nc(Nc2ccncc2)c2oc3ccccc3c2n1.Cl. The van der Waals surface area contributed by atoms with Crippen LogP contribution >= 0.6 is 12.4 Å². The maximum atomic E-state index is 5.95. The van der Waals surface area contributed by atoms with Crippen molar-refractivity contribution >= 4 is 46.0 Å². The molecule has 6 heteroatoms.